The summed E-state index contributed by atoms with van der Waals surface area (Å²) in [4.78, 5) is 24.5. The van der Waals surface area contributed by atoms with Crippen molar-refractivity contribution in [3.8, 4) is 0 Å². The van der Waals surface area contributed by atoms with Crippen LogP contribution in [-0.4, -0.2) is 18.4 Å². The summed E-state index contributed by atoms with van der Waals surface area (Å²) < 4.78 is 12.9. The smallest absolute Gasteiger partial charge is 0.228 e. The van der Waals surface area contributed by atoms with E-state index in [9.17, 15) is 14.0 Å². The molecule has 0 aromatic heterocycles. The fourth-order valence-electron chi connectivity index (χ4n) is 2.98. The average Bonchev–Trinajstić information content (AvgIpc) is 3.41. The van der Waals surface area contributed by atoms with Crippen LogP contribution < -0.4 is 10.6 Å². The molecule has 2 atom stereocenters. The molecule has 2 amide bonds. The van der Waals surface area contributed by atoms with Gasteiger partial charge in [-0.05, 0) is 61.6 Å². The molecule has 0 heterocycles. The van der Waals surface area contributed by atoms with Crippen LogP contribution in [0.15, 0.2) is 42.5 Å². The van der Waals surface area contributed by atoms with E-state index in [1.807, 2.05) is 32.0 Å². The number of nitrogens with one attached hydrogen (secondary N) is 2. The Morgan fingerprint density at radius 3 is 2.46 bits per heavy atom. The van der Waals surface area contributed by atoms with Gasteiger partial charge in [0, 0.05) is 12.2 Å². The van der Waals surface area contributed by atoms with Crippen molar-refractivity contribution in [2.75, 3.05) is 11.9 Å². The number of benzene rings is 2. The van der Waals surface area contributed by atoms with Crippen molar-refractivity contribution < 1.29 is 14.0 Å². The lowest BCUT2D eigenvalue weighted by atomic mass is 10.1. The largest absolute Gasteiger partial charge is 0.356 e. The van der Waals surface area contributed by atoms with Gasteiger partial charge in [0.2, 0.25) is 11.8 Å². The predicted molar refractivity (Wildman–Crippen MR) is 99.3 cm³/mol. The number of halogens is 1. The van der Waals surface area contributed by atoms with Crippen molar-refractivity contribution >= 4 is 17.5 Å². The van der Waals surface area contributed by atoms with Gasteiger partial charge < -0.3 is 10.6 Å². The lowest BCUT2D eigenvalue weighted by Gasteiger charge is -2.09. The van der Waals surface area contributed by atoms with Gasteiger partial charge in [0.1, 0.15) is 5.82 Å². The van der Waals surface area contributed by atoms with Crippen molar-refractivity contribution in [2.45, 2.75) is 26.7 Å². The molecule has 0 radical (unpaired) electrons. The van der Waals surface area contributed by atoms with Gasteiger partial charge in [-0.1, -0.05) is 24.3 Å². The second kappa shape index (κ2) is 7.68. The average molecular weight is 354 g/mol. The first kappa shape index (κ1) is 18.1. The van der Waals surface area contributed by atoms with E-state index in [0.717, 1.165) is 22.4 Å². The molecule has 4 nitrogen and oxygen atoms in total. The zero-order chi connectivity index (χ0) is 18.7. The minimum atomic E-state index is -0.270. The number of rotatable bonds is 6. The van der Waals surface area contributed by atoms with Crippen molar-refractivity contribution in [1.82, 2.24) is 5.32 Å². The Morgan fingerprint density at radius 1 is 1.04 bits per heavy atom. The van der Waals surface area contributed by atoms with E-state index in [2.05, 4.69) is 10.6 Å². The van der Waals surface area contributed by atoms with E-state index in [1.165, 1.54) is 12.1 Å². The van der Waals surface area contributed by atoms with Crippen LogP contribution >= 0.6 is 0 Å². The third-order valence-corrected chi connectivity index (χ3v) is 4.74. The summed E-state index contributed by atoms with van der Waals surface area (Å²) in [5, 5.41) is 5.79. The normalized spacial score (nSPS) is 18.3. The van der Waals surface area contributed by atoms with Crippen LogP contribution in [0.4, 0.5) is 10.1 Å². The van der Waals surface area contributed by atoms with E-state index in [4.69, 9.17) is 0 Å². The van der Waals surface area contributed by atoms with Crippen LogP contribution in [0.5, 0.6) is 0 Å². The van der Waals surface area contributed by atoms with Crippen molar-refractivity contribution in [3.63, 3.8) is 0 Å². The molecule has 0 aliphatic heterocycles. The highest BCUT2D eigenvalue weighted by atomic mass is 19.1. The molecule has 0 saturated heterocycles. The number of hydrogen-bond acceptors (Lipinski definition) is 2. The minimum absolute atomic E-state index is 0.0896. The van der Waals surface area contributed by atoms with Gasteiger partial charge in [-0.3, -0.25) is 9.59 Å². The quantitative estimate of drug-likeness (QED) is 0.836. The number of amides is 2. The first-order chi connectivity index (χ1) is 12.4. The molecule has 26 heavy (non-hydrogen) atoms. The summed E-state index contributed by atoms with van der Waals surface area (Å²) in [7, 11) is 0. The van der Waals surface area contributed by atoms with Gasteiger partial charge in [-0.2, -0.15) is 0 Å². The van der Waals surface area contributed by atoms with Crippen LogP contribution in [-0.2, 0) is 16.0 Å². The van der Waals surface area contributed by atoms with Gasteiger partial charge in [-0.25, -0.2) is 4.39 Å². The molecule has 1 fully saturated rings. The SMILES string of the molecule is Cc1ccc(C)c(NC(=O)C2CC2C(=O)NCCc2ccc(F)cc2)c1. The Morgan fingerprint density at radius 2 is 1.73 bits per heavy atom. The van der Waals surface area contributed by atoms with Crippen LogP contribution in [0, 0.1) is 31.5 Å². The molecule has 0 spiro atoms. The standard InChI is InChI=1S/C21H23FN2O2/c1-13-3-4-14(2)19(11-13)24-21(26)18-12-17(18)20(25)23-10-9-15-5-7-16(22)8-6-15/h3-8,11,17-18H,9-10,12H2,1-2H3,(H,23,25)(H,24,26). The van der Waals surface area contributed by atoms with Crippen LogP contribution in [0.25, 0.3) is 0 Å². The van der Waals surface area contributed by atoms with Gasteiger partial charge in [0.05, 0.1) is 11.8 Å². The Kier molecular flexibility index (Phi) is 5.35. The maximum absolute atomic E-state index is 12.9. The Balaban J connectivity index is 1.45. The van der Waals surface area contributed by atoms with Gasteiger partial charge in [0.15, 0.2) is 0 Å². The van der Waals surface area contributed by atoms with E-state index in [-0.39, 0.29) is 29.5 Å². The summed E-state index contributed by atoms with van der Waals surface area (Å²) in [6.45, 7) is 4.40. The zero-order valence-electron chi connectivity index (χ0n) is 15.0. The molecule has 1 saturated carbocycles. The van der Waals surface area contributed by atoms with Crippen molar-refractivity contribution in [2.24, 2.45) is 11.8 Å². The van der Waals surface area contributed by atoms with Crippen LogP contribution in [0.1, 0.15) is 23.1 Å². The molecular weight excluding hydrogens is 331 g/mol. The molecule has 2 N–H and O–H groups in total. The van der Waals surface area contributed by atoms with Gasteiger partial charge >= 0.3 is 0 Å². The highest BCUT2D eigenvalue weighted by molar-refractivity contribution is 5.99. The molecule has 1 aliphatic carbocycles. The molecule has 2 aromatic carbocycles. The number of carbonyl (C=O) groups is 2. The third kappa shape index (κ3) is 4.48. The zero-order valence-corrected chi connectivity index (χ0v) is 15.0. The fourth-order valence-corrected chi connectivity index (χ4v) is 2.98. The first-order valence-electron chi connectivity index (χ1n) is 8.84. The van der Waals surface area contributed by atoms with Gasteiger partial charge in [-0.15, -0.1) is 0 Å². The molecule has 3 rings (SSSR count). The second-order valence-corrected chi connectivity index (χ2v) is 6.92. The Hall–Kier alpha value is -2.69. The van der Waals surface area contributed by atoms with E-state index in [0.29, 0.717) is 19.4 Å². The molecule has 1 aliphatic rings. The maximum Gasteiger partial charge on any atom is 0.228 e. The number of carbonyl (C=O) groups excluding carboxylic acids is 2. The van der Waals surface area contributed by atoms with E-state index >= 15 is 0 Å². The maximum atomic E-state index is 12.9. The van der Waals surface area contributed by atoms with E-state index in [1.54, 1.807) is 12.1 Å². The first-order valence-corrected chi connectivity index (χ1v) is 8.84. The number of hydrogen-bond donors (Lipinski definition) is 2. The molecule has 0 bridgehead atoms. The molecule has 136 valence electrons. The number of anilines is 1. The number of aryl methyl sites for hydroxylation is 2. The molecule has 2 aromatic rings. The topological polar surface area (TPSA) is 58.2 Å². The fraction of sp³-hybridized carbons (Fsp3) is 0.333. The van der Waals surface area contributed by atoms with Gasteiger partial charge in [0.25, 0.3) is 0 Å². The van der Waals surface area contributed by atoms with Crippen LogP contribution in [0.3, 0.4) is 0 Å². The highest BCUT2D eigenvalue weighted by Crippen LogP contribution is 2.39. The summed E-state index contributed by atoms with van der Waals surface area (Å²) in [5.74, 6) is -0.979. The summed E-state index contributed by atoms with van der Waals surface area (Å²) in [6.07, 6.45) is 1.22. The molecular formula is C21H23FN2O2. The third-order valence-electron chi connectivity index (χ3n) is 4.74. The molecule has 5 heteroatoms. The predicted octanol–water partition coefficient (Wildman–Crippen LogP) is 3.38. The van der Waals surface area contributed by atoms with Crippen molar-refractivity contribution in [1.29, 1.82) is 0 Å². The highest BCUT2D eigenvalue weighted by Gasteiger charge is 2.47. The lowest BCUT2D eigenvalue weighted by molar-refractivity contribution is -0.125. The molecule has 2 unspecified atom stereocenters. The second-order valence-electron chi connectivity index (χ2n) is 6.92. The van der Waals surface area contributed by atoms with E-state index < -0.39 is 0 Å². The minimum Gasteiger partial charge on any atom is -0.356 e. The summed E-state index contributed by atoms with van der Waals surface area (Å²) >= 11 is 0. The summed E-state index contributed by atoms with van der Waals surface area (Å²) in [6, 6.07) is 12.1. The monoisotopic (exact) mass is 354 g/mol. The van der Waals surface area contributed by atoms with Crippen LogP contribution in [0.2, 0.25) is 0 Å². The Labute approximate surface area is 152 Å². The summed E-state index contributed by atoms with van der Waals surface area (Å²) in [5.41, 5.74) is 3.85. The van der Waals surface area contributed by atoms with Crippen molar-refractivity contribution in [3.05, 3.63) is 65.0 Å². The lowest BCUT2D eigenvalue weighted by Crippen LogP contribution is -2.29. The Bertz CT molecular complexity index is 817.